The van der Waals surface area contributed by atoms with Crippen molar-refractivity contribution >= 4 is 16.9 Å². The molecule has 106 valence electrons. The lowest BCUT2D eigenvalue weighted by Crippen LogP contribution is -2.20. The maximum atomic E-state index is 13.6. The van der Waals surface area contributed by atoms with E-state index >= 15 is 0 Å². The van der Waals surface area contributed by atoms with E-state index in [1.807, 2.05) is 0 Å². The number of pyridine rings is 1. The van der Waals surface area contributed by atoms with Crippen molar-refractivity contribution in [1.82, 2.24) is 4.98 Å². The molecule has 1 aromatic carbocycles. The molecule has 0 saturated carbocycles. The number of aromatic nitrogens is 1. The van der Waals surface area contributed by atoms with Gasteiger partial charge in [-0.1, -0.05) is 0 Å². The molecule has 0 aliphatic heterocycles. The second-order valence-electron chi connectivity index (χ2n) is 3.76. The largest absolute Gasteiger partial charge is 0.462 e. The topological polar surface area (TPSA) is 59.2 Å². The quantitative estimate of drug-likeness (QED) is 0.399. The number of carbonyl (C=O) groups is 1. The first-order chi connectivity index (χ1) is 9.40. The zero-order valence-electron chi connectivity index (χ0n) is 10.0. The van der Waals surface area contributed by atoms with Crippen molar-refractivity contribution < 1.29 is 27.1 Å². The van der Waals surface area contributed by atoms with Gasteiger partial charge in [0.25, 0.3) is 0 Å². The summed E-state index contributed by atoms with van der Waals surface area (Å²) in [6, 6.07) is 0. The average Bonchev–Trinajstić information content (AvgIpc) is 2.42. The number of benzene rings is 1. The Labute approximate surface area is 109 Å². The lowest BCUT2D eigenvalue weighted by molar-refractivity contribution is 0.0524. The Morgan fingerprint density at radius 1 is 1.15 bits per heavy atom. The highest BCUT2D eigenvalue weighted by atomic mass is 19.2. The molecule has 0 radical (unpaired) electrons. The van der Waals surface area contributed by atoms with E-state index in [2.05, 4.69) is 9.72 Å². The van der Waals surface area contributed by atoms with E-state index in [4.69, 9.17) is 0 Å². The summed E-state index contributed by atoms with van der Waals surface area (Å²) >= 11 is 0. The Bertz CT molecular complexity index is 770. The van der Waals surface area contributed by atoms with Crippen LogP contribution in [-0.2, 0) is 4.74 Å². The normalized spacial score (nSPS) is 10.8. The molecule has 1 heterocycles. The Morgan fingerprint density at radius 3 is 2.35 bits per heavy atom. The molecule has 0 aliphatic rings. The van der Waals surface area contributed by atoms with E-state index in [1.54, 1.807) is 0 Å². The number of hydrogen-bond acceptors (Lipinski definition) is 3. The highest BCUT2D eigenvalue weighted by molar-refractivity contribution is 5.93. The third-order valence-corrected chi connectivity index (χ3v) is 2.59. The van der Waals surface area contributed by atoms with Crippen molar-refractivity contribution in [3.05, 3.63) is 45.3 Å². The predicted molar refractivity (Wildman–Crippen MR) is 60.4 cm³/mol. The van der Waals surface area contributed by atoms with Gasteiger partial charge in [-0.05, 0) is 6.92 Å². The van der Waals surface area contributed by atoms with Gasteiger partial charge in [-0.25, -0.2) is 22.4 Å². The first kappa shape index (κ1) is 14.0. The van der Waals surface area contributed by atoms with E-state index in [-0.39, 0.29) is 6.61 Å². The van der Waals surface area contributed by atoms with Crippen LogP contribution in [0.3, 0.4) is 0 Å². The second kappa shape index (κ2) is 4.95. The molecule has 0 spiro atoms. The molecule has 2 aromatic rings. The van der Waals surface area contributed by atoms with E-state index in [0.29, 0.717) is 0 Å². The molecule has 0 saturated heterocycles. The lowest BCUT2D eigenvalue weighted by Gasteiger charge is -2.06. The summed E-state index contributed by atoms with van der Waals surface area (Å²) in [6.07, 6.45) is 0.753. The molecule has 0 fully saturated rings. The second-order valence-corrected chi connectivity index (χ2v) is 3.76. The predicted octanol–water partition coefficient (Wildman–Crippen LogP) is 2.26. The van der Waals surface area contributed by atoms with E-state index in [0.717, 1.165) is 6.20 Å². The molecule has 4 nitrogen and oxygen atoms in total. The highest BCUT2D eigenvalue weighted by Crippen LogP contribution is 2.23. The number of hydrogen-bond donors (Lipinski definition) is 1. The number of esters is 1. The summed E-state index contributed by atoms with van der Waals surface area (Å²) in [5.74, 6) is -8.87. The fourth-order valence-electron chi connectivity index (χ4n) is 1.69. The van der Waals surface area contributed by atoms with Crippen LogP contribution in [0.4, 0.5) is 17.6 Å². The van der Waals surface area contributed by atoms with Crippen molar-refractivity contribution in [2.45, 2.75) is 6.92 Å². The first-order valence-corrected chi connectivity index (χ1v) is 5.44. The maximum Gasteiger partial charge on any atom is 0.343 e. The summed E-state index contributed by atoms with van der Waals surface area (Å²) in [7, 11) is 0. The van der Waals surface area contributed by atoms with Crippen LogP contribution in [0.15, 0.2) is 11.0 Å². The van der Waals surface area contributed by atoms with Gasteiger partial charge in [0.15, 0.2) is 23.3 Å². The van der Waals surface area contributed by atoms with Gasteiger partial charge in [0, 0.05) is 6.20 Å². The minimum atomic E-state index is -2.12. The SMILES string of the molecule is CCOC(=O)c1c[nH]c2c(F)c(F)c(F)c(F)c2c1=O. The minimum absolute atomic E-state index is 0.0507. The van der Waals surface area contributed by atoms with E-state index in [1.165, 1.54) is 6.92 Å². The molecular formula is C12H7F4NO3. The standard InChI is InChI=1S/C12H7F4NO3/c1-2-20-12(19)4-3-17-10-5(11(4)18)6(13)7(14)8(15)9(10)16/h3H,2H2,1H3,(H,17,18). The van der Waals surface area contributed by atoms with Crippen LogP contribution in [0.1, 0.15) is 17.3 Å². The molecule has 20 heavy (non-hydrogen) atoms. The molecular weight excluding hydrogens is 282 g/mol. The van der Waals surface area contributed by atoms with Gasteiger partial charge in [-0.15, -0.1) is 0 Å². The molecule has 0 unspecified atom stereocenters. The summed E-state index contributed by atoms with van der Waals surface area (Å²) in [5, 5.41) is -1.08. The Morgan fingerprint density at radius 2 is 1.75 bits per heavy atom. The summed E-state index contributed by atoms with van der Waals surface area (Å²) in [6.45, 7) is 1.42. The number of carbonyl (C=O) groups excluding carboxylic acids is 1. The number of aromatic amines is 1. The number of rotatable bonds is 2. The van der Waals surface area contributed by atoms with Gasteiger partial charge < -0.3 is 9.72 Å². The lowest BCUT2D eigenvalue weighted by atomic mass is 10.1. The summed E-state index contributed by atoms with van der Waals surface area (Å²) < 4.78 is 57.7. The number of fused-ring (bicyclic) bond motifs is 1. The van der Waals surface area contributed by atoms with Gasteiger partial charge in [-0.3, -0.25) is 4.79 Å². The van der Waals surface area contributed by atoms with Crippen molar-refractivity contribution in [3.8, 4) is 0 Å². The van der Waals surface area contributed by atoms with Crippen molar-refractivity contribution in [1.29, 1.82) is 0 Å². The molecule has 0 atom stereocenters. The van der Waals surface area contributed by atoms with Crippen LogP contribution in [-0.4, -0.2) is 17.6 Å². The fourth-order valence-corrected chi connectivity index (χ4v) is 1.69. The Kier molecular flexibility index (Phi) is 3.47. The van der Waals surface area contributed by atoms with Gasteiger partial charge in [0.1, 0.15) is 5.56 Å². The van der Waals surface area contributed by atoms with Crippen LogP contribution < -0.4 is 5.43 Å². The maximum absolute atomic E-state index is 13.6. The first-order valence-electron chi connectivity index (χ1n) is 5.44. The van der Waals surface area contributed by atoms with Crippen LogP contribution in [0.25, 0.3) is 10.9 Å². The fraction of sp³-hybridized carbons (Fsp3) is 0.167. The van der Waals surface area contributed by atoms with Gasteiger partial charge in [0.2, 0.25) is 5.43 Å². The number of ether oxygens (including phenoxy) is 1. The number of H-pyrrole nitrogens is 1. The summed E-state index contributed by atoms with van der Waals surface area (Å²) in [5.41, 5.74) is -2.78. The van der Waals surface area contributed by atoms with Crippen LogP contribution in [0.5, 0.6) is 0 Å². The smallest absolute Gasteiger partial charge is 0.343 e. The van der Waals surface area contributed by atoms with Crippen LogP contribution in [0.2, 0.25) is 0 Å². The van der Waals surface area contributed by atoms with Crippen molar-refractivity contribution in [3.63, 3.8) is 0 Å². The van der Waals surface area contributed by atoms with E-state index < -0.39 is 51.1 Å². The van der Waals surface area contributed by atoms with Gasteiger partial charge >= 0.3 is 5.97 Å². The van der Waals surface area contributed by atoms with E-state index in [9.17, 15) is 27.2 Å². The number of halogens is 4. The molecule has 1 N–H and O–H groups in total. The summed E-state index contributed by atoms with van der Waals surface area (Å²) in [4.78, 5) is 25.3. The highest BCUT2D eigenvalue weighted by Gasteiger charge is 2.25. The molecule has 0 bridgehead atoms. The Balaban J connectivity index is 2.87. The van der Waals surface area contributed by atoms with Crippen LogP contribution in [0, 0.1) is 23.3 Å². The zero-order chi connectivity index (χ0) is 15.0. The van der Waals surface area contributed by atoms with Crippen LogP contribution >= 0.6 is 0 Å². The van der Waals surface area contributed by atoms with Gasteiger partial charge in [0.05, 0.1) is 17.5 Å². The molecule has 2 rings (SSSR count). The van der Waals surface area contributed by atoms with Crippen molar-refractivity contribution in [2.24, 2.45) is 0 Å². The van der Waals surface area contributed by atoms with Crippen molar-refractivity contribution in [2.75, 3.05) is 6.61 Å². The third kappa shape index (κ3) is 1.93. The average molecular weight is 289 g/mol. The third-order valence-electron chi connectivity index (χ3n) is 2.59. The molecule has 1 aromatic heterocycles. The van der Waals surface area contributed by atoms with Gasteiger partial charge in [-0.2, -0.15) is 0 Å². The monoisotopic (exact) mass is 289 g/mol. The Hall–Kier alpha value is -2.38. The molecule has 0 aliphatic carbocycles. The molecule has 8 heteroatoms. The minimum Gasteiger partial charge on any atom is -0.462 e. The number of nitrogens with one attached hydrogen (secondary N) is 1. The zero-order valence-corrected chi connectivity index (χ0v) is 10.0. The molecule has 0 amide bonds.